The zero-order valence-corrected chi connectivity index (χ0v) is 7.91. The van der Waals surface area contributed by atoms with Crippen molar-refractivity contribution < 1.29 is 4.79 Å². The number of H-pyrrole nitrogens is 1. The number of fused-ring (bicyclic) bond motifs is 1. The van der Waals surface area contributed by atoms with Crippen molar-refractivity contribution in [2.75, 3.05) is 6.54 Å². The summed E-state index contributed by atoms with van der Waals surface area (Å²) in [7, 11) is 0. The summed E-state index contributed by atoms with van der Waals surface area (Å²) in [5.41, 5.74) is 6.46. The second-order valence-corrected chi connectivity index (χ2v) is 3.50. The lowest BCUT2D eigenvalue weighted by Crippen LogP contribution is -2.09. The SMILES string of the molecule is NCC(=O)Sc1ncc2[nH]cnc2n1. The molecule has 0 amide bonds. The summed E-state index contributed by atoms with van der Waals surface area (Å²) in [5.74, 6) is 0. The van der Waals surface area contributed by atoms with Crippen LogP contribution in [0, 0.1) is 0 Å². The molecule has 14 heavy (non-hydrogen) atoms. The van der Waals surface area contributed by atoms with E-state index in [0.717, 1.165) is 17.3 Å². The third-order valence-corrected chi connectivity index (χ3v) is 2.30. The van der Waals surface area contributed by atoms with Gasteiger partial charge in [0.05, 0.1) is 19.1 Å². The lowest BCUT2D eigenvalue weighted by molar-refractivity contribution is -0.109. The molecule has 2 aromatic heterocycles. The van der Waals surface area contributed by atoms with Crippen molar-refractivity contribution in [3.63, 3.8) is 0 Å². The van der Waals surface area contributed by atoms with Crippen molar-refractivity contribution in [2.45, 2.75) is 5.16 Å². The molecule has 0 spiro atoms. The van der Waals surface area contributed by atoms with Crippen LogP contribution in [0.25, 0.3) is 11.2 Å². The molecule has 3 N–H and O–H groups in total. The van der Waals surface area contributed by atoms with Gasteiger partial charge in [-0.2, -0.15) is 0 Å². The number of hydrogen-bond donors (Lipinski definition) is 2. The summed E-state index contributed by atoms with van der Waals surface area (Å²) < 4.78 is 0. The summed E-state index contributed by atoms with van der Waals surface area (Å²) in [6, 6.07) is 0. The highest BCUT2D eigenvalue weighted by atomic mass is 32.2. The number of aromatic amines is 1. The number of nitrogens with two attached hydrogens (primary N) is 1. The van der Waals surface area contributed by atoms with Crippen LogP contribution in [0.1, 0.15) is 0 Å². The molecule has 6 nitrogen and oxygen atoms in total. The molecule has 0 bridgehead atoms. The van der Waals surface area contributed by atoms with E-state index in [1.165, 1.54) is 6.33 Å². The summed E-state index contributed by atoms with van der Waals surface area (Å²) in [5, 5.41) is 0.208. The minimum atomic E-state index is -0.167. The number of thioether (sulfide) groups is 1. The monoisotopic (exact) mass is 209 g/mol. The molecule has 0 aliphatic carbocycles. The topological polar surface area (TPSA) is 97.6 Å². The van der Waals surface area contributed by atoms with E-state index in [1.54, 1.807) is 6.20 Å². The molecule has 0 aliphatic rings. The summed E-state index contributed by atoms with van der Waals surface area (Å²) in [6.45, 7) is -0.0212. The molecule has 0 aromatic carbocycles. The molecule has 0 atom stereocenters. The van der Waals surface area contributed by atoms with Crippen LogP contribution in [0.3, 0.4) is 0 Å². The van der Waals surface area contributed by atoms with Crippen molar-refractivity contribution in [1.29, 1.82) is 0 Å². The fourth-order valence-electron chi connectivity index (χ4n) is 0.913. The lowest BCUT2D eigenvalue weighted by Gasteiger charge is -1.95. The number of rotatable bonds is 2. The smallest absolute Gasteiger partial charge is 0.210 e. The Kier molecular flexibility index (Phi) is 2.42. The van der Waals surface area contributed by atoms with Gasteiger partial charge in [-0.15, -0.1) is 0 Å². The van der Waals surface area contributed by atoms with Crippen LogP contribution in [-0.4, -0.2) is 31.6 Å². The second kappa shape index (κ2) is 3.72. The Morgan fingerprint density at radius 2 is 2.43 bits per heavy atom. The first-order chi connectivity index (χ1) is 6.79. The molecule has 0 fully saturated rings. The Morgan fingerprint density at radius 3 is 3.21 bits per heavy atom. The van der Waals surface area contributed by atoms with Gasteiger partial charge in [-0.25, -0.2) is 15.0 Å². The van der Waals surface area contributed by atoms with E-state index in [1.807, 2.05) is 0 Å². The number of nitrogens with zero attached hydrogens (tertiary/aromatic N) is 3. The van der Waals surface area contributed by atoms with E-state index in [9.17, 15) is 4.79 Å². The first-order valence-corrected chi connectivity index (χ1v) is 4.68. The minimum Gasteiger partial charge on any atom is -0.342 e. The maximum Gasteiger partial charge on any atom is 0.210 e. The molecular weight excluding hydrogens is 202 g/mol. The molecule has 0 saturated heterocycles. The molecule has 0 unspecified atom stereocenters. The Bertz CT molecular complexity index is 468. The normalized spacial score (nSPS) is 10.6. The van der Waals surface area contributed by atoms with Crippen LogP contribution >= 0.6 is 11.8 Å². The van der Waals surface area contributed by atoms with E-state index in [0.29, 0.717) is 10.8 Å². The van der Waals surface area contributed by atoms with Crippen LogP contribution in [0.4, 0.5) is 0 Å². The minimum absolute atomic E-state index is 0.0212. The van der Waals surface area contributed by atoms with Crippen molar-refractivity contribution in [3.8, 4) is 0 Å². The zero-order chi connectivity index (χ0) is 9.97. The van der Waals surface area contributed by atoms with Crippen LogP contribution in [0.2, 0.25) is 0 Å². The van der Waals surface area contributed by atoms with Gasteiger partial charge in [-0.1, -0.05) is 0 Å². The quantitative estimate of drug-likeness (QED) is 0.530. The Hall–Kier alpha value is -1.47. The fraction of sp³-hybridized carbons (Fsp3) is 0.143. The Balaban J connectivity index is 2.30. The summed E-state index contributed by atoms with van der Waals surface area (Å²) in [6.07, 6.45) is 3.11. The molecule has 72 valence electrons. The lowest BCUT2D eigenvalue weighted by atomic mass is 10.6. The Morgan fingerprint density at radius 1 is 1.57 bits per heavy atom. The number of carbonyl (C=O) groups excluding carboxylic acids is 1. The molecular formula is C7H7N5OS. The first kappa shape index (κ1) is 9.10. The third-order valence-electron chi connectivity index (χ3n) is 1.53. The third kappa shape index (κ3) is 1.73. The van der Waals surface area contributed by atoms with E-state index in [2.05, 4.69) is 19.9 Å². The molecule has 0 aliphatic heterocycles. The first-order valence-electron chi connectivity index (χ1n) is 3.86. The second-order valence-electron chi connectivity index (χ2n) is 2.47. The molecule has 0 radical (unpaired) electrons. The predicted octanol–water partition coefficient (Wildman–Crippen LogP) is -0.0697. The molecule has 7 heteroatoms. The van der Waals surface area contributed by atoms with Gasteiger partial charge < -0.3 is 10.7 Å². The summed E-state index contributed by atoms with van der Waals surface area (Å²) >= 11 is 0.922. The van der Waals surface area contributed by atoms with E-state index in [4.69, 9.17) is 5.73 Å². The molecule has 2 heterocycles. The van der Waals surface area contributed by atoms with Crippen molar-refractivity contribution in [1.82, 2.24) is 19.9 Å². The van der Waals surface area contributed by atoms with Crippen LogP contribution in [-0.2, 0) is 4.79 Å². The average Bonchev–Trinajstić information content (AvgIpc) is 2.64. The summed E-state index contributed by atoms with van der Waals surface area (Å²) in [4.78, 5) is 25.8. The van der Waals surface area contributed by atoms with Crippen molar-refractivity contribution in [3.05, 3.63) is 12.5 Å². The number of hydrogen-bond acceptors (Lipinski definition) is 6. The van der Waals surface area contributed by atoms with Gasteiger partial charge >= 0.3 is 0 Å². The molecule has 0 saturated carbocycles. The Labute approximate surface area is 83.3 Å². The highest BCUT2D eigenvalue weighted by molar-refractivity contribution is 8.13. The van der Waals surface area contributed by atoms with Gasteiger partial charge in [0.15, 0.2) is 10.8 Å². The number of aromatic nitrogens is 4. The predicted molar refractivity (Wildman–Crippen MR) is 51.6 cm³/mol. The number of carbonyl (C=O) groups is 1. The number of imidazole rings is 1. The standard InChI is InChI=1S/C7H7N5OS/c8-1-5(13)14-7-9-2-4-6(12-7)11-3-10-4/h2-3H,1,8H2,(H,9,10,11,12). The maximum atomic E-state index is 11.0. The van der Waals surface area contributed by atoms with Gasteiger partial charge in [0.1, 0.15) is 5.52 Å². The zero-order valence-electron chi connectivity index (χ0n) is 7.10. The van der Waals surface area contributed by atoms with Gasteiger partial charge in [0.2, 0.25) is 5.12 Å². The van der Waals surface area contributed by atoms with Gasteiger partial charge in [0.25, 0.3) is 0 Å². The van der Waals surface area contributed by atoms with E-state index >= 15 is 0 Å². The van der Waals surface area contributed by atoms with Gasteiger partial charge in [0, 0.05) is 0 Å². The highest BCUT2D eigenvalue weighted by Crippen LogP contribution is 2.14. The fourth-order valence-corrected chi connectivity index (χ4v) is 1.44. The van der Waals surface area contributed by atoms with Crippen molar-refractivity contribution >= 4 is 28.0 Å². The van der Waals surface area contributed by atoms with Crippen molar-refractivity contribution in [2.24, 2.45) is 5.73 Å². The number of nitrogens with one attached hydrogen (secondary N) is 1. The van der Waals surface area contributed by atoms with Crippen LogP contribution in [0.15, 0.2) is 17.7 Å². The van der Waals surface area contributed by atoms with Gasteiger partial charge in [-0.05, 0) is 11.8 Å². The van der Waals surface area contributed by atoms with Crippen LogP contribution in [0.5, 0.6) is 0 Å². The van der Waals surface area contributed by atoms with E-state index in [-0.39, 0.29) is 11.7 Å². The molecule has 2 rings (SSSR count). The van der Waals surface area contributed by atoms with Gasteiger partial charge in [-0.3, -0.25) is 4.79 Å². The van der Waals surface area contributed by atoms with E-state index < -0.39 is 0 Å². The average molecular weight is 209 g/mol. The van der Waals surface area contributed by atoms with Crippen LogP contribution < -0.4 is 5.73 Å². The largest absolute Gasteiger partial charge is 0.342 e. The highest BCUT2D eigenvalue weighted by Gasteiger charge is 2.06. The molecule has 2 aromatic rings. The maximum absolute atomic E-state index is 11.0.